The van der Waals surface area contributed by atoms with E-state index in [-0.39, 0.29) is 5.97 Å². The van der Waals surface area contributed by atoms with Crippen LogP contribution >= 0.6 is 0 Å². The molecule has 0 spiro atoms. The summed E-state index contributed by atoms with van der Waals surface area (Å²) >= 11 is 0. The number of hydrogen-bond donors (Lipinski definition) is 0. The first kappa shape index (κ1) is 50.1. The van der Waals surface area contributed by atoms with Crippen molar-refractivity contribution in [3.05, 3.63) is 0 Å². The molecule has 0 rings (SSSR count). The Balaban J connectivity index is 3.13. The van der Waals surface area contributed by atoms with Crippen LogP contribution in [0.5, 0.6) is 0 Å². The van der Waals surface area contributed by atoms with Crippen molar-refractivity contribution in [2.45, 2.75) is 110 Å². The topological polar surface area (TPSA) is 119 Å². The smallest absolute Gasteiger partial charge is 0.305 e. The molecule has 0 radical (unpaired) electrons. The van der Waals surface area contributed by atoms with Crippen LogP contribution < -0.4 is 0 Å². The Kier molecular flexibility index (Phi) is 46.2. The minimum absolute atomic E-state index is 0.129. The molecule has 0 saturated carbocycles. The zero-order valence-electron chi connectivity index (χ0n) is 32.9. The molecule has 0 aliphatic carbocycles. The van der Waals surface area contributed by atoms with E-state index in [1.54, 1.807) is 7.11 Å². The molecule has 0 unspecified atom stereocenters. The molecule has 12 heteroatoms. The molecule has 12 nitrogen and oxygen atoms in total. The van der Waals surface area contributed by atoms with Crippen molar-refractivity contribution < 1.29 is 56.9 Å². The lowest BCUT2D eigenvalue weighted by Crippen LogP contribution is -2.15. The second-order valence-corrected chi connectivity index (χ2v) is 12.4. The SMILES string of the molecule is CCCCCCCCCCCCCCCCCC(=O)OCCOCCOCCOCCOCCOCCOCCOCCOCCOCCOC. The Bertz CT molecular complexity index is 643. The van der Waals surface area contributed by atoms with E-state index in [0.717, 1.165) is 12.8 Å². The highest BCUT2D eigenvalue weighted by Crippen LogP contribution is 2.13. The molecule has 0 aliphatic heterocycles. The van der Waals surface area contributed by atoms with Crippen LogP contribution in [0.25, 0.3) is 0 Å². The van der Waals surface area contributed by atoms with Crippen LogP contribution in [-0.4, -0.2) is 145 Å². The van der Waals surface area contributed by atoms with Crippen LogP contribution in [0, 0.1) is 0 Å². The predicted molar refractivity (Wildman–Crippen MR) is 200 cm³/mol. The van der Waals surface area contributed by atoms with Gasteiger partial charge in [0.05, 0.1) is 126 Å². The summed E-state index contributed by atoms with van der Waals surface area (Å²) < 4.78 is 59.2. The van der Waals surface area contributed by atoms with Crippen molar-refractivity contribution in [3.63, 3.8) is 0 Å². The molecule has 0 aliphatic rings. The van der Waals surface area contributed by atoms with Gasteiger partial charge in [-0.15, -0.1) is 0 Å². The molecule has 0 aromatic rings. The van der Waals surface area contributed by atoms with Crippen molar-refractivity contribution >= 4 is 5.97 Å². The largest absolute Gasteiger partial charge is 0.463 e. The van der Waals surface area contributed by atoms with Crippen molar-refractivity contribution in [2.75, 3.05) is 139 Å². The number of carbonyl (C=O) groups excluding carboxylic acids is 1. The van der Waals surface area contributed by atoms with Crippen molar-refractivity contribution in [1.29, 1.82) is 0 Å². The molecule has 0 aromatic heterocycles. The summed E-state index contributed by atoms with van der Waals surface area (Å²) in [6.07, 6.45) is 20.2. The Morgan fingerprint density at radius 3 is 0.824 bits per heavy atom. The lowest BCUT2D eigenvalue weighted by Gasteiger charge is -2.09. The van der Waals surface area contributed by atoms with Crippen LogP contribution in [-0.2, 0) is 56.9 Å². The quantitative estimate of drug-likeness (QED) is 0.0496. The van der Waals surface area contributed by atoms with Crippen molar-refractivity contribution in [2.24, 2.45) is 0 Å². The standard InChI is InChI=1S/C39H78O12/c1-3-4-5-6-7-8-9-10-11-12-13-14-15-16-17-18-39(40)51-38-37-50-36-35-49-34-33-48-32-31-47-30-29-46-28-27-45-26-25-44-24-23-43-22-21-42-20-19-41-2/h3-38H2,1-2H3. The van der Waals surface area contributed by atoms with Crippen LogP contribution in [0.15, 0.2) is 0 Å². The first-order chi connectivity index (χ1) is 25.3. The zero-order valence-corrected chi connectivity index (χ0v) is 32.9. The third kappa shape index (κ3) is 47.0. The third-order valence-corrected chi connectivity index (χ3v) is 7.88. The average Bonchev–Trinajstić information content (AvgIpc) is 3.14. The fraction of sp³-hybridized carbons (Fsp3) is 0.974. The van der Waals surface area contributed by atoms with Crippen molar-refractivity contribution in [3.8, 4) is 0 Å². The highest BCUT2D eigenvalue weighted by molar-refractivity contribution is 5.69. The van der Waals surface area contributed by atoms with Gasteiger partial charge in [-0.05, 0) is 6.42 Å². The number of carbonyl (C=O) groups is 1. The van der Waals surface area contributed by atoms with E-state index in [9.17, 15) is 4.79 Å². The number of unbranched alkanes of at least 4 members (excludes halogenated alkanes) is 14. The molecule has 0 heterocycles. The summed E-state index contributed by atoms with van der Waals surface area (Å²) in [6.45, 7) is 12.3. The molecule has 0 saturated heterocycles. The fourth-order valence-electron chi connectivity index (χ4n) is 4.93. The second kappa shape index (κ2) is 47.1. The third-order valence-electron chi connectivity index (χ3n) is 7.88. The molecule has 0 aromatic carbocycles. The van der Waals surface area contributed by atoms with E-state index >= 15 is 0 Å². The second-order valence-electron chi connectivity index (χ2n) is 12.4. The van der Waals surface area contributed by atoms with Crippen LogP contribution in [0.2, 0.25) is 0 Å². The minimum atomic E-state index is -0.129. The number of hydrogen-bond acceptors (Lipinski definition) is 12. The van der Waals surface area contributed by atoms with E-state index < -0.39 is 0 Å². The Morgan fingerprint density at radius 1 is 0.314 bits per heavy atom. The van der Waals surface area contributed by atoms with E-state index in [1.807, 2.05) is 0 Å². The number of esters is 1. The average molecular weight is 739 g/mol. The summed E-state index contributed by atoms with van der Waals surface area (Å²) in [5.74, 6) is -0.129. The van der Waals surface area contributed by atoms with E-state index in [0.29, 0.717) is 139 Å². The van der Waals surface area contributed by atoms with Gasteiger partial charge in [0.2, 0.25) is 0 Å². The molecule has 0 fully saturated rings. The van der Waals surface area contributed by atoms with E-state index in [2.05, 4.69) is 6.92 Å². The number of ether oxygens (including phenoxy) is 11. The van der Waals surface area contributed by atoms with Crippen LogP contribution in [0.1, 0.15) is 110 Å². The zero-order chi connectivity index (χ0) is 36.8. The summed E-state index contributed by atoms with van der Waals surface area (Å²) in [5, 5.41) is 0. The summed E-state index contributed by atoms with van der Waals surface area (Å²) in [4.78, 5) is 11.9. The monoisotopic (exact) mass is 739 g/mol. The van der Waals surface area contributed by atoms with Gasteiger partial charge in [-0.25, -0.2) is 0 Å². The summed E-state index contributed by atoms with van der Waals surface area (Å²) in [5.41, 5.74) is 0. The summed E-state index contributed by atoms with van der Waals surface area (Å²) in [6, 6.07) is 0. The van der Waals surface area contributed by atoms with Crippen LogP contribution in [0.4, 0.5) is 0 Å². The first-order valence-corrected chi connectivity index (χ1v) is 20.2. The predicted octanol–water partition coefficient (Wildman–Crippen LogP) is 6.59. The fourth-order valence-corrected chi connectivity index (χ4v) is 4.93. The first-order valence-electron chi connectivity index (χ1n) is 20.2. The van der Waals surface area contributed by atoms with Gasteiger partial charge < -0.3 is 52.1 Å². The van der Waals surface area contributed by atoms with Gasteiger partial charge in [0, 0.05) is 13.5 Å². The lowest BCUT2D eigenvalue weighted by molar-refractivity contribution is -0.145. The van der Waals surface area contributed by atoms with Gasteiger partial charge in [-0.2, -0.15) is 0 Å². The van der Waals surface area contributed by atoms with E-state index in [4.69, 9.17) is 52.1 Å². The highest BCUT2D eigenvalue weighted by Gasteiger charge is 2.03. The van der Waals surface area contributed by atoms with Crippen molar-refractivity contribution in [1.82, 2.24) is 0 Å². The molecule has 306 valence electrons. The molecular formula is C39H78O12. The lowest BCUT2D eigenvalue weighted by atomic mass is 10.0. The minimum Gasteiger partial charge on any atom is -0.463 e. The number of rotatable bonds is 46. The molecular weight excluding hydrogens is 660 g/mol. The maximum absolute atomic E-state index is 11.9. The van der Waals surface area contributed by atoms with Gasteiger partial charge in [-0.3, -0.25) is 4.79 Å². The number of methoxy groups -OCH3 is 1. The summed E-state index contributed by atoms with van der Waals surface area (Å²) in [7, 11) is 1.65. The van der Waals surface area contributed by atoms with E-state index in [1.165, 1.54) is 83.5 Å². The van der Waals surface area contributed by atoms with Gasteiger partial charge in [0.25, 0.3) is 0 Å². The van der Waals surface area contributed by atoms with Gasteiger partial charge in [0.1, 0.15) is 6.61 Å². The van der Waals surface area contributed by atoms with Gasteiger partial charge in [0.15, 0.2) is 0 Å². The van der Waals surface area contributed by atoms with Gasteiger partial charge in [-0.1, -0.05) is 96.8 Å². The molecule has 51 heavy (non-hydrogen) atoms. The maximum Gasteiger partial charge on any atom is 0.305 e. The maximum atomic E-state index is 11.9. The highest BCUT2D eigenvalue weighted by atomic mass is 16.6. The Hall–Kier alpha value is -0.930. The van der Waals surface area contributed by atoms with Gasteiger partial charge >= 0.3 is 5.97 Å². The molecule has 0 bridgehead atoms. The van der Waals surface area contributed by atoms with Crippen LogP contribution in [0.3, 0.4) is 0 Å². The Labute approximate surface area is 311 Å². The molecule has 0 amide bonds. The normalized spacial score (nSPS) is 11.5. The Morgan fingerprint density at radius 2 is 0.549 bits per heavy atom. The molecule has 0 N–H and O–H groups in total. The molecule has 0 atom stereocenters.